The van der Waals surface area contributed by atoms with E-state index in [4.69, 9.17) is 0 Å². The second-order valence-corrected chi connectivity index (χ2v) is 6.55. The molecule has 28 heavy (non-hydrogen) atoms. The Kier molecular flexibility index (Phi) is 9.92. The number of guanidine groups is 1. The number of nitrogens with one attached hydrogen (secondary N) is 1. The van der Waals surface area contributed by atoms with Crippen molar-refractivity contribution in [3.05, 3.63) is 71.0 Å². The van der Waals surface area contributed by atoms with Gasteiger partial charge in [0.25, 0.3) is 5.91 Å². The molecule has 2 aromatic carbocycles. The van der Waals surface area contributed by atoms with Crippen LogP contribution in [0.3, 0.4) is 0 Å². The molecule has 2 rings (SSSR count). The van der Waals surface area contributed by atoms with Gasteiger partial charge in [0.1, 0.15) is 5.82 Å². The summed E-state index contributed by atoms with van der Waals surface area (Å²) in [6, 6.07) is 14.0. The summed E-state index contributed by atoms with van der Waals surface area (Å²) in [5, 5.41) is 3.27. The van der Waals surface area contributed by atoms with Crippen LogP contribution in [-0.4, -0.2) is 49.4 Å². The lowest BCUT2D eigenvalue weighted by Gasteiger charge is -2.22. The summed E-state index contributed by atoms with van der Waals surface area (Å²) < 4.78 is 13.1. The van der Waals surface area contributed by atoms with Crippen molar-refractivity contribution in [2.75, 3.05) is 27.7 Å². The molecule has 0 saturated heterocycles. The molecule has 1 N–H and O–H groups in total. The maximum Gasteiger partial charge on any atom is 0.253 e. The lowest BCUT2D eigenvalue weighted by atomic mass is 10.1. The van der Waals surface area contributed by atoms with E-state index in [2.05, 4.69) is 10.3 Å². The zero-order chi connectivity index (χ0) is 19.8. The van der Waals surface area contributed by atoms with Crippen LogP contribution in [0.15, 0.2) is 53.5 Å². The smallest absolute Gasteiger partial charge is 0.253 e. The number of rotatable bonds is 6. The van der Waals surface area contributed by atoms with Crippen LogP contribution in [-0.2, 0) is 13.1 Å². The van der Waals surface area contributed by atoms with Gasteiger partial charge in [-0.2, -0.15) is 0 Å². The number of carbonyl (C=O) groups is 1. The number of carbonyl (C=O) groups excluding carboxylic acids is 1. The Balaban J connectivity index is 0.00000392. The van der Waals surface area contributed by atoms with Gasteiger partial charge in [0.15, 0.2) is 5.96 Å². The van der Waals surface area contributed by atoms with Crippen LogP contribution in [0, 0.1) is 5.82 Å². The summed E-state index contributed by atoms with van der Waals surface area (Å²) >= 11 is 0. The number of hydrogen-bond acceptors (Lipinski definition) is 2. The van der Waals surface area contributed by atoms with Gasteiger partial charge in [0.2, 0.25) is 0 Å². The monoisotopic (exact) mass is 498 g/mol. The van der Waals surface area contributed by atoms with Crippen LogP contribution in [0.5, 0.6) is 0 Å². The molecule has 0 bridgehead atoms. The summed E-state index contributed by atoms with van der Waals surface area (Å²) in [6.45, 7) is 3.90. The van der Waals surface area contributed by atoms with E-state index in [1.54, 1.807) is 31.1 Å². The van der Waals surface area contributed by atoms with Crippen molar-refractivity contribution >= 4 is 35.8 Å². The van der Waals surface area contributed by atoms with Gasteiger partial charge in [-0.1, -0.05) is 24.3 Å². The minimum absolute atomic E-state index is 0. The van der Waals surface area contributed by atoms with Gasteiger partial charge in [0, 0.05) is 39.8 Å². The Bertz CT molecular complexity index is 776. The fourth-order valence-electron chi connectivity index (χ4n) is 2.59. The number of aliphatic imine (C=N–C) groups is 1. The topological polar surface area (TPSA) is 47.9 Å². The van der Waals surface area contributed by atoms with E-state index in [1.165, 1.54) is 12.1 Å². The largest absolute Gasteiger partial charge is 0.357 e. The summed E-state index contributed by atoms with van der Waals surface area (Å²) in [5.74, 6) is 0.519. The molecule has 0 radical (unpaired) electrons. The molecule has 0 atom stereocenters. The van der Waals surface area contributed by atoms with E-state index < -0.39 is 0 Å². The van der Waals surface area contributed by atoms with Gasteiger partial charge in [-0.3, -0.25) is 4.79 Å². The van der Waals surface area contributed by atoms with E-state index in [9.17, 15) is 9.18 Å². The summed E-state index contributed by atoms with van der Waals surface area (Å²) in [7, 11) is 5.42. The van der Waals surface area contributed by atoms with Crippen molar-refractivity contribution in [2.45, 2.75) is 20.0 Å². The fourth-order valence-corrected chi connectivity index (χ4v) is 2.59. The fraction of sp³-hybridized carbons (Fsp3) is 0.333. The Morgan fingerprint density at radius 1 is 1.00 bits per heavy atom. The average molecular weight is 498 g/mol. The first kappa shape index (κ1) is 23.9. The van der Waals surface area contributed by atoms with E-state index >= 15 is 0 Å². The lowest BCUT2D eigenvalue weighted by molar-refractivity contribution is 0.0827. The minimum Gasteiger partial charge on any atom is -0.357 e. The van der Waals surface area contributed by atoms with Crippen LogP contribution >= 0.6 is 24.0 Å². The molecule has 0 aliphatic rings. The Labute approximate surface area is 183 Å². The third-order valence-corrected chi connectivity index (χ3v) is 4.05. The minimum atomic E-state index is -0.238. The molecule has 0 saturated carbocycles. The van der Waals surface area contributed by atoms with Gasteiger partial charge < -0.3 is 15.1 Å². The molecule has 7 heteroatoms. The highest BCUT2D eigenvalue weighted by Gasteiger charge is 2.09. The van der Waals surface area contributed by atoms with Crippen molar-refractivity contribution in [3.63, 3.8) is 0 Å². The van der Waals surface area contributed by atoms with Crippen LogP contribution in [0.4, 0.5) is 4.39 Å². The van der Waals surface area contributed by atoms with Crippen molar-refractivity contribution in [2.24, 2.45) is 4.99 Å². The van der Waals surface area contributed by atoms with Crippen LogP contribution in [0.1, 0.15) is 28.4 Å². The number of amides is 1. The maximum atomic E-state index is 13.1. The zero-order valence-corrected chi connectivity index (χ0v) is 19.1. The Morgan fingerprint density at radius 2 is 1.57 bits per heavy atom. The van der Waals surface area contributed by atoms with Gasteiger partial charge in [-0.05, 0) is 42.3 Å². The van der Waals surface area contributed by atoms with E-state index in [-0.39, 0.29) is 35.7 Å². The van der Waals surface area contributed by atoms with Gasteiger partial charge in [-0.15, -0.1) is 24.0 Å². The molecule has 0 fully saturated rings. The predicted octanol–water partition coefficient (Wildman–Crippen LogP) is 3.74. The first-order chi connectivity index (χ1) is 12.9. The Hall–Kier alpha value is -2.16. The summed E-state index contributed by atoms with van der Waals surface area (Å²) in [5.41, 5.74) is 2.69. The third-order valence-electron chi connectivity index (χ3n) is 4.05. The maximum absolute atomic E-state index is 13.1. The number of halogens is 2. The molecule has 1 amide bonds. The molecule has 0 unspecified atom stereocenters. The van der Waals surface area contributed by atoms with Gasteiger partial charge in [0.05, 0.1) is 6.54 Å². The molecule has 0 aromatic heterocycles. The van der Waals surface area contributed by atoms with Crippen LogP contribution in [0.2, 0.25) is 0 Å². The second-order valence-electron chi connectivity index (χ2n) is 6.55. The molecule has 0 aliphatic heterocycles. The summed E-state index contributed by atoms with van der Waals surface area (Å²) in [4.78, 5) is 20.2. The number of benzene rings is 2. The van der Waals surface area contributed by atoms with Gasteiger partial charge >= 0.3 is 0 Å². The molecule has 0 heterocycles. The first-order valence-corrected chi connectivity index (χ1v) is 8.95. The van der Waals surface area contributed by atoms with Crippen LogP contribution < -0.4 is 5.32 Å². The van der Waals surface area contributed by atoms with E-state index in [0.717, 1.165) is 23.6 Å². The Morgan fingerprint density at radius 3 is 2.11 bits per heavy atom. The van der Waals surface area contributed by atoms with E-state index in [0.29, 0.717) is 18.7 Å². The molecular weight excluding hydrogens is 470 g/mol. The molecule has 152 valence electrons. The lowest BCUT2D eigenvalue weighted by Crippen LogP contribution is -2.38. The highest BCUT2D eigenvalue weighted by atomic mass is 127. The van der Waals surface area contributed by atoms with Crippen molar-refractivity contribution in [1.29, 1.82) is 0 Å². The third kappa shape index (κ3) is 7.10. The first-order valence-electron chi connectivity index (χ1n) is 8.95. The van der Waals surface area contributed by atoms with Crippen molar-refractivity contribution < 1.29 is 9.18 Å². The standard InChI is InChI=1S/C21H27FN4O.HI/c1-5-23-21(26(4)15-17-8-12-19(22)13-9-17)24-14-16-6-10-18(11-7-16)20(27)25(2)3;/h6-13H,5,14-15H2,1-4H3,(H,23,24);1H. The van der Waals surface area contributed by atoms with Crippen LogP contribution in [0.25, 0.3) is 0 Å². The second kappa shape index (κ2) is 11.6. The number of hydrogen-bond donors (Lipinski definition) is 1. The highest BCUT2D eigenvalue weighted by molar-refractivity contribution is 14.0. The van der Waals surface area contributed by atoms with E-state index in [1.807, 2.05) is 43.1 Å². The molecule has 0 spiro atoms. The molecule has 0 aliphatic carbocycles. The predicted molar refractivity (Wildman–Crippen MR) is 123 cm³/mol. The quantitative estimate of drug-likeness (QED) is 0.375. The summed E-state index contributed by atoms with van der Waals surface area (Å²) in [6.07, 6.45) is 0. The van der Waals surface area contributed by atoms with Crippen molar-refractivity contribution in [3.8, 4) is 0 Å². The molecule has 2 aromatic rings. The molecular formula is C21H28FIN4O. The number of nitrogens with zero attached hydrogens (tertiary/aromatic N) is 3. The SMILES string of the molecule is CCNC(=NCc1ccc(C(=O)N(C)C)cc1)N(C)Cc1ccc(F)cc1.I. The van der Waals surface area contributed by atoms with Gasteiger partial charge in [-0.25, -0.2) is 9.38 Å². The molecule has 5 nitrogen and oxygen atoms in total. The normalized spacial score (nSPS) is 10.8. The average Bonchev–Trinajstić information content (AvgIpc) is 2.66. The van der Waals surface area contributed by atoms with Crippen molar-refractivity contribution in [1.82, 2.24) is 15.1 Å². The highest BCUT2D eigenvalue weighted by Crippen LogP contribution is 2.09. The zero-order valence-electron chi connectivity index (χ0n) is 16.8.